The van der Waals surface area contributed by atoms with Gasteiger partial charge in [-0.25, -0.2) is 0 Å². The van der Waals surface area contributed by atoms with Gasteiger partial charge in [0.25, 0.3) is 11.8 Å². The monoisotopic (exact) mass is 313 g/mol. The minimum atomic E-state index is -0.373. The number of benzene rings is 2. The van der Waals surface area contributed by atoms with E-state index in [1.807, 2.05) is 24.3 Å². The quantitative estimate of drug-likeness (QED) is 0.451. The number of fused-ring (bicyclic) bond motifs is 1. The van der Waals surface area contributed by atoms with Gasteiger partial charge in [0.2, 0.25) is 0 Å². The van der Waals surface area contributed by atoms with Crippen LogP contribution in [0.25, 0.3) is 0 Å². The molecule has 2 aromatic rings. The molecule has 0 radical (unpaired) electrons. The fourth-order valence-corrected chi connectivity index (χ4v) is 2.04. The Labute approximate surface area is 133 Å². The first-order chi connectivity index (χ1) is 10.5. The molecule has 22 heavy (non-hydrogen) atoms. The lowest BCUT2D eigenvalue weighted by molar-refractivity contribution is 0.0879. The maximum Gasteiger partial charge on any atom is 0.259 e. The van der Waals surface area contributed by atoms with E-state index in [1.165, 1.54) is 17.1 Å². The number of amides is 2. The van der Waals surface area contributed by atoms with E-state index in [4.69, 9.17) is 5.73 Å². The Bertz CT molecular complexity index is 727. The van der Waals surface area contributed by atoms with Gasteiger partial charge in [0, 0.05) is 11.4 Å². The first-order valence-electron chi connectivity index (χ1n) is 6.53. The van der Waals surface area contributed by atoms with Gasteiger partial charge < -0.3 is 11.1 Å². The number of thiocarbonyl (C=S) groups is 1. The third kappa shape index (κ3) is 3.67. The summed E-state index contributed by atoms with van der Waals surface area (Å²) in [7, 11) is 0. The molecule has 0 spiro atoms. The van der Waals surface area contributed by atoms with Crippen molar-refractivity contribution in [3.63, 3.8) is 0 Å². The number of hydrogen-bond acceptors (Lipinski definition) is 4. The Kier molecular flexibility index (Phi) is 4.85. The minimum absolute atomic E-state index is 0.352. The summed E-state index contributed by atoms with van der Waals surface area (Å²) < 4.78 is 0. The van der Waals surface area contributed by atoms with Gasteiger partial charge in [0.05, 0.1) is 16.6 Å². The molecule has 2 amide bonds. The Morgan fingerprint density at radius 1 is 1.05 bits per heavy atom. The smallest absolute Gasteiger partial charge is 0.259 e. The zero-order valence-electron chi connectivity index (χ0n) is 11.9. The van der Waals surface area contributed by atoms with E-state index < -0.39 is 0 Å². The van der Waals surface area contributed by atoms with E-state index in [-0.39, 0.29) is 11.8 Å². The normalized spacial score (nSPS) is 11.9. The average Bonchev–Trinajstić information content (AvgIpc) is 2.77. The highest BCUT2D eigenvalue weighted by molar-refractivity contribution is 7.79. The van der Waals surface area contributed by atoms with Gasteiger partial charge in [0.15, 0.2) is 0 Å². The van der Waals surface area contributed by atoms with Crippen molar-refractivity contribution in [3.8, 4) is 0 Å². The van der Waals surface area contributed by atoms with Gasteiger partial charge in [-0.05, 0) is 37.3 Å². The number of carbonyl (C=O) groups is 2. The zero-order valence-corrected chi connectivity index (χ0v) is 12.7. The highest BCUT2D eigenvalue weighted by atomic mass is 32.1. The second-order valence-electron chi connectivity index (χ2n) is 4.72. The van der Waals surface area contributed by atoms with Crippen LogP contribution in [-0.2, 0) is 0 Å². The van der Waals surface area contributed by atoms with Crippen molar-refractivity contribution >= 4 is 40.9 Å². The van der Waals surface area contributed by atoms with Crippen LogP contribution in [0, 0.1) is 6.92 Å². The Morgan fingerprint density at radius 3 is 2.32 bits per heavy atom. The van der Waals surface area contributed by atoms with Crippen molar-refractivity contribution in [3.05, 3.63) is 59.2 Å². The third-order valence-electron chi connectivity index (χ3n) is 3.04. The van der Waals surface area contributed by atoms with Gasteiger partial charge in [-0.15, -0.1) is 0 Å². The van der Waals surface area contributed by atoms with E-state index in [2.05, 4.69) is 29.8 Å². The molecule has 0 aliphatic carbocycles. The fraction of sp³-hybridized carbons (Fsp3) is 0.0625. The number of imide groups is 1. The predicted molar refractivity (Wildman–Crippen MR) is 91.1 cm³/mol. The van der Waals surface area contributed by atoms with Crippen LogP contribution in [0.2, 0.25) is 0 Å². The van der Waals surface area contributed by atoms with Crippen LogP contribution in [0.1, 0.15) is 26.3 Å². The minimum Gasteiger partial charge on any atom is -0.399 e. The molecular weight excluding hydrogens is 298 g/mol. The molecule has 3 rings (SSSR count). The van der Waals surface area contributed by atoms with E-state index in [0.29, 0.717) is 16.8 Å². The first kappa shape index (κ1) is 15.7. The molecule has 6 heteroatoms. The van der Waals surface area contributed by atoms with Gasteiger partial charge in [0.1, 0.15) is 0 Å². The molecule has 2 aromatic carbocycles. The van der Waals surface area contributed by atoms with E-state index in [9.17, 15) is 9.59 Å². The molecule has 0 saturated heterocycles. The second-order valence-corrected chi connectivity index (χ2v) is 4.95. The fourth-order valence-electron chi connectivity index (χ4n) is 1.90. The van der Waals surface area contributed by atoms with Crippen molar-refractivity contribution in [2.75, 3.05) is 11.1 Å². The number of nitrogens with two attached hydrogens (primary N) is 1. The summed E-state index contributed by atoms with van der Waals surface area (Å²) in [6.45, 7) is 2.06. The zero-order chi connectivity index (χ0) is 16.1. The number of carbonyl (C=O) groups excluding carboxylic acids is 2. The summed E-state index contributed by atoms with van der Waals surface area (Å²) in [6.07, 6.45) is 0. The Balaban J connectivity index is 0.000000164. The van der Waals surface area contributed by atoms with Gasteiger partial charge in [-0.2, -0.15) is 0 Å². The third-order valence-corrected chi connectivity index (χ3v) is 3.15. The number of rotatable bonds is 2. The lowest BCUT2D eigenvalue weighted by atomic mass is 10.1. The van der Waals surface area contributed by atoms with Crippen LogP contribution < -0.4 is 16.4 Å². The summed E-state index contributed by atoms with van der Waals surface area (Å²) in [4.78, 5) is 22.1. The Hall–Kier alpha value is -2.73. The molecule has 0 unspecified atom stereocenters. The van der Waals surface area contributed by atoms with E-state index in [1.54, 1.807) is 12.1 Å². The SMILES string of the molecule is Cc1ccc(NC=S)cc1.Nc1ccc2c(c1)C(=O)NC2=O. The Morgan fingerprint density at radius 2 is 1.68 bits per heavy atom. The molecule has 0 atom stereocenters. The summed E-state index contributed by atoms with van der Waals surface area (Å²) in [5.41, 5.74) is 10.5. The summed E-state index contributed by atoms with van der Waals surface area (Å²) >= 11 is 4.63. The maximum absolute atomic E-state index is 11.0. The molecule has 0 bridgehead atoms. The molecule has 0 saturated carbocycles. The summed E-state index contributed by atoms with van der Waals surface area (Å²) in [5, 5.41) is 5.10. The van der Waals surface area contributed by atoms with Crippen LogP contribution >= 0.6 is 12.2 Å². The lowest BCUT2D eigenvalue weighted by Crippen LogP contribution is -2.19. The topological polar surface area (TPSA) is 84.2 Å². The molecule has 5 nitrogen and oxygen atoms in total. The lowest BCUT2D eigenvalue weighted by Gasteiger charge is -1.97. The number of nitrogen functional groups attached to an aromatic ring is 1. The number of anilines is 2. The molecule has 4 N–H and O–H groups in total. The van der Waals surface area contributed by atoms with Crippen molar-refractivity contribution in [1.29, 1.82) is 0 Å². The van der Waals surface area contributed by atoms with Crippen molar-refractivity contribution in [1.82, 2.24) is 5.32 Å². The largest absolute Gasteiger partial charge is 0.399 e. The average molecular weight is 313 g/mol. The maximum atomic E-state index is 11.0. The number of aryl methyl sites for hydroxylation is 1. The van der Waals surface area contributed by atoms with Gasteiger partial charge in [-0.1, -0.05) is 29.9 Å². The summed E-state index contributed by atoms with van der Waals surface area (Å²) in [6, 6.07) is 12.7. The standard InChI is InChI=1S/C8H6N2O2.C8H9NS/c9-4-1-2-5-6(3-4)8(12)10-7(5)11;1-7-2-4-8(5-3-7)9-6-10/h1-3H,9H2,(H,10,11,12);2-6H,1H3,(H,9,10). The molecule has 0 aromatic heterocycles. The van der Waals surface area contributed by atoms with E-state index in [0.717, 1.165) is 5.69 Å². The van der Waals surface area contributed by atoms with Crippen LogP contribution in [0.4, 0.5) is 11.4 Å². The molecule has 1 heterocycles. The van der Waals surface area contributed by atoms with Gasteiger partial charge in [-0.3, -0.25) is 14.9 Å². The molecule has 0 fully saturated rings. The first-order valence-corrected chi connectivity index (χ1v) is 7.00. The highest BCUT2D eigenvalue weighted by Gasteiger charge is 2.26. The van der Waals surface area contributed by atoms with Crippen molar-refractivity contribution in [2.45, 2.75) is 6.92 Å². The van der Waals surface area contributed by atoms with E-state index >= 15 is 0 Å². The van der Waals surface area contributed by atoms with Crippen molar-refractivity contribution in [2.24, 2.45) is 0 Å². The number of nitrogens with one attached hydrogen (secondary N) is 2. The van der Waals surface area contributed by atoms with Crippen LogP contribution in [0.3, 0.4) is 0 Å². The molecule has 1 aliphatic rings. The highest BCUT2D eigenvalue weighted by Crippen LogP contribution is 2.17. The second kappa shape index (κ2) is 6.82. The van der Waals surface area contributed by atoms with Gasteiger partial charge >= 0.3 is 0 Å². The molecular formula is C16H15N3O2S. The predicted octanol–water partition coefficient (Wildman–Crippen LogP) is 2.52. The van der Waals surface area contributed by atoms with Crippen LogP contribution in [-0.4, -0.2) is 17.3 Å². The summed E-state index contributed by atoms with van der Waals surface area (Å²) in [5.74, 6) is -0.725. The number of hydrogen-bond donors (Lipinski definition) is 3. The van der Waals surface area contributed by atoms with Crippen molar-refractivity contribution < 1.29 is 9.59 Å². The van der Waals surface area contributed by atoms with Crippen LogP contribution in [0.15, 0.2) is 42.5 Å². The van der Waals surface area contributed by atoms with Crippen LogP contribution in [0.5, 0.6) is 0 Å². The molecule has 1 aliphatic heterocycles. The molecule has 112 valence electrons.